The number of hydrogen-bond acceptors (Lipinski definition) is 3. The van der Waals surface area contributed by atoms with Crippen molar-refractivity contribution in [3.8, 4) is 0 Å². The van der Waals surface area contributed by atoms with E-state index in [4.69, 9.17) is 0 Å². The molecule has 0 saturated carbocycles. The maximum absolute atomic E-state index is 4.41. The number of anilines is 1. The van der Waals surface area contributed by atoms with Gasteiger partial charge >= 0.3 is 0 Å². The Labute approximate surface area is 89.2 Å². The first-order valence-electron chi connectivity index (χ1n) is 4.91. The molecule has 76 valence electrons. The van der Waals surface area contributed by atoms with Gasteiger partial charge in [0.05, 0.1) is 12.2 Å². The first-order chi connectivity index (χ1) is 7.34. The van der Waals surface area contributed by atoms with Crippen LogP contribution in [0.3, 0.4) is 0 Å². The van der Waals surface area contributed by atoms with E-state index in [0.29, 0.717) is 0 Å². The maximum atomic E-state index is 4.41. The van der Waals surface area contributed by atoms with Crippen LogP contribution in [0.25, 0.3) is 0 Å². The number of rotatable bonds is 3. The summed E-state index contributed by atoms with van der Waals surface area (Å²) in [5, 5.41) is 3.29. The molecule has 0 aliphatic heterocycles. The van der Waals surface area contributed by atoms with Crippen molar-refractivity contribution in [3.05, 3.63) is 54.1 Å². The smallest absolute Gasteiger partial charge is 0.0597 e. The standard InChI is InChI=1S/C12H13N3/c1-10-3-2-4-12(15-10)9-14-11-5-7-13-8-6-11/h2-8H,9H2,1H3,(H,13,14). The van der Waals surface area contributed by atoms with Crippen LogP contribution in [0.15, 0.2) is 42.7 Å². The summed E-state index contributed by atoms with van der Waals surface area (Å²) in [6, 6.07) is 9.91. The van der Waals surface area contributed by atoms with Gasteiger partial charge in [-0.3, -0.25) is 9.97 Å². The minimum Gasteiger partial charge on any atom is -0.379 e. The largest absolute Gasteiger partial charge is 0.379 e. The molecule has 0 bridgehead atoms. The van der Waals surface area contributed by atoms with Gasteiger partial charge < -0.3 is 5.32 Å². The van der Waals surface area contributed by atoms with Crippen LogP contribution in [-0.4, -0.2) is 9.97 Å². The van der Waals surface area contributed by atoms with E-state index in [1.807, 2.05) is 37.3 Å². The molecule has 0 radical (unpaired) electrons. The molecular weight excluding hydrogens is 186 g/mol. The van der Waals surface area contributed by atoms with Crippen LogP contribution < -0.4 is 5.32 Å². The van der Waals surface area contributed by atoms with Crippen LogP contribution in [0.5, 0.6) is 0 Å². The molecule has 0 atom stereocenters. The van der Waals surface area contributed by atoms with Gasteiger partial charge in [0.15, 0.2) is 0 Å². The van der Waals surface area contributed by atoms with E-state index < -0.39 is 0 Å². The molecule has 0 spiro atoms. The van der Waals surface area contributed by atoms with Gasteiger partial charge in [-0.1, -0.05) is 6.07 Å². The molecule has 0 unspecified atom stereocenters. The third-order valence-corrected chi connectivity index (χ3v) is 2.10. The Balaban J connectivity index is 1.99. The summed E-state index contributed by atoms with van der Waals surface area (Å²) in [6.45, 7) is 2.74. The number of nitrogens with one attached hydrogen (secondary N) is 1. The van der Waals surface area contributed by atoms with E-state index in [1.165, 1.54) is 0 Å². The monoisotopic (exact) mass is 199 g/mol. The van der Waals surface area contributed by atoms with E-state index in [1.54, 1.807) is 12.4 Å². The zero-order valence-corrected chi connectivity index (χ0v) is 8.64. The van der Waals surface area contributed by atoms with E-state index >= 15 is 0 Å². The van der Waals surface area contributed by atoms with Crippen LogP contribution in [-0.2, 0) is 6.54 Å². The van der Waals surface area contributed by atoms with Gasteiger partial charge in [0.1, 0.15) is 0 Å². The van der Waals surface area contributed by atoms with E-state index in [2.05, 4.69) is 15.3 Å². The lowest BCUT2D eigenvalue weighted by Gasteiger charge is -2.05. The quantitative estimate of drug-likeness (QED) is 0.824. The summed E-state index contributed by atoms with van der Waals surface area (Å²) in [5.74, 6) is 0. The van der Waals surface area contributed by atoms with Crippen LogP contribution in [0.1, 0.15) is 11.4 Å². The average molecular weight is 199 g/mol. The van der Waals surface area contributed by atoms with E-state index in [-0.39, 0.29) is 0 Å². The first kappa shape index (κ1) is 9.65. The molecule has 2 heterocycles. The number of pyridine rings is 2. The predicted molar refractivity (Wildman–Crippen MR) is 60.5 cm³/mol. The predicted octanol–water partition coefficient (Wildman–Crippen LogP) is 2.40. The summed E-state index contributed by atoms with van der Waals surface area (Å²) in [4.78, 5) is 8.37. The minimum absolute atomic E-state index is 0.742. The summed E-state index contributed by atoms with van der Waals surface area (Å²) >= 11 is 0. The molecule has 2 aromatic heterocycles. The van der Waals surface area contributed by atoms with Crippen LogP contribution >= 0.6 is 0 Å². The Hall–Kier alpha value is -1.90. The van der Waals surface area contributed by atoms with Crippen molar-refractivity contribution in [2.45, 2.75) is 13.5 Å². The zero-order chi connectivity index (χ0) is 10.5. The normalized spacial score (nSPS) is 9.93. The molecule has 0 fully saturated rings. The molecule has 0 aliphatic carbocycles. The number of aromatic nitrogens is 2. The second-order valence-corrected chi connectivity index (χ2v) is 3.36. The number of hydrogen-bond donors (Lipinski definition) is 1. The molecule has 0 saturated heterocycles. The van der Waals surface area contributed by atoms with Gasteiger partial charge in [-0.15, -0.1) is 0 Å². The summed E-state index contributed by atoms with van der Waals surface area (Å²) < 4.78 is 0. The Kier molecular flexibility index (Phi) is 2.93. The molecule has 0 aliphatic rings. The Morgan fingerprint density at radius 1 is 1.13 bits per heavy atom. The van der Waals surface area contributed by atoms with Crippen molar-refractivity contribution in [1.82, 2.24) is 9.97 Å². The van der Waals surface area contributed by atoms with Crippen LogP contribution in [0.2, 0.25) is 0 Å². The summed E-state index contributed by atoms with van der Waals surface area (Å²) in [7, 11) is 0. The highest BCUT2D eigenvalue weighted by Gasteiger charge is 1.94. The highest BCUT2D eigenvalue weighted by Crippen LogP contribution is 2.06. The fraction of sp³-hybridized carbons (Fsp3) is 0.167. The first-order valence-corrected chi connectivity index (χ1v) is 4.91. The Bertz CT molecular complexity index is 426. The molecule has 0 aromatic carbocycles. The average Bonchev–Trinajstić information content (AvgIpc) is 2.28. The number of nitrogens with zero attached hydrogens (tertiary/aromatic N) is 2. The molecule has 2 rings (SSSR count). The lowest BCUT2D eigenvalue weighted by Crippen LogP contribution is -2.01. The maximum Gasteiger partial charge on any atom is 0.0597 e. The molecule has 3 heteroatoms. The summed E-state index contributed by atoms with van der Waals surface area (Å²) in [6.07, 6.45) is 3.54. The molecule has 15 heavy (non-hydrogen) atoms. The lowest BCUT2D eigenvalue weighted by molar-refractivity contribution is 1.01. The molecule has 2 aromatic rings. The minimum atomic E-state index is 0.742. The second kappa shape index (κ2) is 4.55. The van der Waals surface area contributed by atoms with E-state index in [0.717, 1.165) is 23.6 Å². The molecule has 1 N–H and O–H groups in total. The van der Waals surface area contributed by atoms with Gasteiger partial charge in [0, 0.05) is 23.8 Å². The summed E-state index contributed by atoms with van der Waals surface area (Å²) in [5.41, 5.74) is 3.16. The van der Waals surface area contributed by atoms with Gasteiger partial charge in [-0.2, -0.15) is 0 Å². The number of aryl methyl sites for hydroxylation is 1. The molecule has 3 nitrogen and oxygen atoms in total. The Morgan fingerprint density at radius 2 is 1.93 bits per heavy atom. The van der Waals surface area contributed by atoms with E-state index in [9.17, 15) is 0 Å². The van der Waals surface area contributed by atoms with Gasteiger partial charge in [0.2, 0.25) is 0 Å². The molecular formula is C12H13N3. The van der Waals surface area contributed by atoms with Crippen molar-refractivity contribution in [2.75, 3.05) is 5.32 Å². The SMILES string of the molecule is Cc1cccc(CNc2ccncc2)n1. The highest BCUT2D eigenvalue weighted by atomic mass is 14.9. The third kappa shape index (κ3) is 2.77. The van der Waals surface area contributed by atoms with Gasteiger partial charge in [-0.05, 0) is 31.2 Å². The van der Waals surface area contributed by atoms with Crippen molar-refractivity contribution in [3.63, 3.8) is 0 Å². The van der Waals surface area contributed by atoms with Crippen LogP contribution in [0, 0.1) is 6.92 Å². The highest BCUT2D eigenvalue weighted by molar-refractivity contribution is 5.41. The topological polar surface area (TPSA) is 37.8 Å². The fourth-order valence-corrected chi connectivity index (χ4v) is 1.36. The van der Waals surface area contributed by atoms with Gasteiger partial charge in [-0.25, -0.2) is 0 Å². The zero-order valence-electron chi connectivity index (χ0n) is 8.64. The van der Waals surface area contributed by atoms with Crippen molar-refractivity contribution in [1.29, 1.82) is 0 Å². The fourth-order valence-electron chi connectivity index (χ4n) is 1.36. The van der Waals surface area contributed by atoms with Crippen LogP contribution in [0.4, 0.5) is 5.69 Å². The van der Waals surface area contributed by atoms with Crippen molar-refractivity contribution < 1.29 is 0 Å². The second-order valence-electron chi connectivity index (χ2n) is 3.36. The Morgan fingerprint density at radius 3 is 2.67 bits per heavy atom. The van der Waals surface area contributed by atoms with Gasteiger partial charge in [0.25, 0.3) is 0 Å². The van der Waals surface area contributed by atoms with Crippen molar-refractivity contribution >= 4 is 5.69 Å². The van der Waals surface area contributed by atoms with Crippen molar-refractivity contribution in [2.24, 2.45) is 0 Å². The lowest BCUT2D eigenvalue weighted by atomic mass is 10.3. The molecule has 0 amide bonds. The third-order valence-electron chi connectivity index (χ3n) is 2.10.